The van der Waals surface area contributed by atoms with Crippen LogP contribution in [0.4, 0.5) is 0 Å². The number of hydrogen-bond donors (Lipinski definition) is 0. The van der Waals surface area contributed by atoms with Gasteiger partial charge in [0.05, 0.1) is 26.0 Å². The van der Waals surface area contributed by atoms with Gasteiger partial charge in [-0.15, -0.1) is 16.4 Å². The van der Waals surface area contributed by atoms with Crippen LogP contribution in [0.5, 0.6) is 11.5 Å². The molecule has 10 heteroatoms. The summed E-state index contributed by atoms with van der Waals surface area (Å²) in [5, 5.41) is 14.5. The van der Waals surface area contributed by atoms with Crippen molar-refractivity contribution in [1.29, 1.82) is 0 Å². The summed E-state index contributed by atoms with van der Waals surface area (Å²) >= 11 is 3.02. The Morgan fingerprint density at radius 2 is 2.21 bits per heavy atom. The Balaban J connectivity index is 1.50. The fourth-order valence-electron chi connectivity index (χ4n) is 3.43. The Bertz CT molecular complexity index is 976. The molecule has 0 radical (unpaired) electrons. The molecule has 1 fully saturated rings. The SMILES string of the molecule is COc1ccc(OC)c(-n2nnnc2SCC(=O)N2CCCC2c2cccs2)c1. The summed E-state index contributed by atoms with van der Waals surface area (Å²) in [6, 6.07) is 9.72. The number of methoxy groups -OCH3 is 2. The van der Waals surface area contributed by atoms with E-state index in [4.69, 9.17) is 9.47 Å². The molecule has 1 aliphatic rings. The van der Waals surface area contributed by atoms with Gasteiger partial charge in [0.2, 0.25) is 11.1 Å². The fourth-order valence-corrected chi connectivity index (χ4v) is 5.08. The highest BCUT2D eigenvalue weighted by atomic mass is 32.2. The molecule has 0 saturated carbocycles. The number of ether oxygens (including phenoxy) is 2. The monoisotopic (exact) mass is 431 g/mol. The number of thiophene rings is 1. The Labute approximate surface area is 176 Å². The molecule has 1 aliphatic heterocycles. The predicted octanol–water partition coefficient (Wildman–Crippen LogP) is 3.20. The van der Waals surface area contributed by atoms with Crippen LogP contribution < -0.4 is 9.47 Å². The lowest BCUT2D eigenvalue weighted by atomic mass is 10.2. The molecule has 0 bridgehead atoms. The second kappa shape index (κ2) is 8.83. The molecule has 3 heterocycles. The van der Waals surface area contributed by atoms with Crippen molar-refractivity contribution < 1.29 is 14.3 Å². The number of carbonyl (C=O) groups excluding carboxylic acids is 1. The predicted molar refractivity (Wildman–Crippen MR) is 111 cm³/mol. The van der Waals surface area contributed by atoms with Gasteiger partial charge in [-0.1, -0.05) is 17.8 Å². The van der Waals surface area contributed by atoms with Crippen LogP contribution in [0.2, 0.25) is 0 Å². The Kier molecular flexibility index (Phi) is 6.00. The number of likely N-dealkylation sites (tertiary alicyclic amines) is 1. The quantitative estimate of drug-likeness (QED) is 0.531. The van der Waals surface area contributed by atoms with Gasteiger partial charge in [-0.3, -0.25) is 4.79 Å². The first kappa shape index (κ1) is 19.7. The Morgan fingerprint density at radius 3 is 2.97 bits per heavy atom. The molecule has 0 N–H and O–H groups in total. The molecule has 1 saturated heterocycles. The highest BCUT2D eigenvalue weighted by Crippen LogP contribution is 2.35. The maximum Gasteiger partial charge on any atom is 0.233 e. The maximum atomic E-state index is 12.9. The molecule has 0 spiro atoms. The topological polar surface area (TPSA) is 82.4 Å². The molecule has 4 rings (SSSR count). The van der Waals surface area contributed by atoms with Crippen molar-refractivity contribution in [1.82, 2.24) is 25.1 Å². The zero-order chi connectivity index (χ0) is 20.2. The fraction of sp³-hybridized carbons (Fsp3) is 0.368. The smallest absolute Gasteiger partial charge is 0.233 e. The lowest BCUT2D eigenvalue weighted by molar-refractivity contribution is -0.129. The summed E-state index contributed by atoms with van der Waals surface area (Å²) < 4.78 is 12.3. The van der Waals surface area contributed by atoms with E-state index in [1.165, 1.54) is 16.6 Å². The van der Waals surface area contributed by atoms with Crippen molar-refractivity contribution in [3.8, 4) is 17.2 Å². The van der Waals surface area contributed by atoms with Gasteiger partial charge in [0, 0.05) is 17.5 Å². The minimum atomic E-state index is 0.0954. The van der Waals surface area contributed by atoms with Crippen LogP contribution in [0.3, 0.4) is 0 Å². The van der Waals surface area contributed by atoms with Crippen molar-refractivity contribution in [3.63, 3.8) is 0 Å². The van der Waals surface area contributed by atoms with E-state index in [2.05, 4.69) is 27.0 Å². The molecule has 2 aromatic heterocycles. The number of thioether (sulfide) groups is 1. The van der Waals surface area contributed by atoms with Crippen LogP contribution in [-0.2, 0) is 4.79 Å². The third-order valence-corrected chi connectivity index (χ3v) is 6.70. The molecular formula is C19H21N5O3S2. The minimum absolute atomic E-state index is 0.0954. The number of tetrazole rings is 1. The van der Waals surface area contributed by atoms with Gasteiger partial charge >= 0.3 is 0 Å². The van der Waals surface area contributed by atoms with Gasteiger partial charge in [0.15, 0.2) is 0 Å². The third-order valence-electron chi connectivity index (χ3n) is 4.82. The van der Waals surface area contributed by atoms with Crippen LogP contribution in [0.15, 0.2) is 40.9 Å². The normalized spacial score (nSPS) is 16.2. The second-order valence-corrected chi connectivity index (χ2v) is 8.38. The number of rotatable bonds is 7. The van der Waals surface area contributed by atoms with E-state index in [0.717, 1.165) is 19.4 Å². The molecule has 1 atom stereocenters. The molecule has 3 aromatic rings. The second-order valence-electron chi connectivity index (χ2n) is 6.46. The first-order chi connectivity index (χ1) is 14.2. The summed E-state index contributed by atoms with van der Waals surface area (Å²) in [7, 11) is 3.18. The van der Waals surface area contributed by atoms with Gasteiger partial charge < -0.3 is 14.4 Å². The van der Waals surface area contributed by atoms with E-state index >= 15 is 0 Å². The van der Waals surface area contributed by atoms with Crippen molar-refractivity contribution in [2.45, 2.75) is 24.0 Å². The van der Waals surface area contributed by atoms with Crippen LogP contribution in [0.25, 0.3) is 5.69 Å². The molecular weight excluding hydrogens is 410 g/mol. The summed E-state index contributed by atoms with van der Waals surface area (Å²) in [6.45, 7) is 0.788. The van der Waals surface area contributed by atoms with Crippen LogP contribution >= 0.6 is 23.1 Å². The zero-order valence-electron chi connectivity index (χ0n) is 16.1. The standard InChI is InChI=1S/C19H21N5O3S2/c1-26-13-7-8-16(27-2)15(11-13)24-19(20-21-22-24)29-12-18(25)23-9-3-5-14(23)17-6-4-10-28-17/h4,6-8,10-11,14H,3,5,9,12H2,1-2H3. The Hall–Kier alpha value is -2.59. The van der Waals surface area contributed by atoms with Crippen LogP contribution in [-0.4, -0.2) is 57.5 Å². The van der Waals surface area contributed by atoms with Crippen molar-refractivity contribution >= 4 is 29.0 Å². The van der Waals surface area contributed by atoms with Gasteiger partial charge in [-0.2, -0.15) is 4.68 Å². The summed E-state index contributed by atoms with van der Waals surface area (Å²) in [6.07, 6.45) is 2.04. The number of aromatic nitrogens is 4. The van der Waals surface area contributed by atoms with Crippen LogP contribution in [0.1, 0.15) is 23.8 Å². The lowest BCUT2D eigenvalue weighted by Crippen LogP contribution is -2.31. The van der Waals surface area contributed by atoms with E-state index in [1.807, 2.05) is 11.0 Å². The zero-order valence-corrected chi connectivity index (χ0v) is 17.8. The van der Waals surface area contributed by atoms with Gasteiger partial charge in [-0.05, 0) is 46.8 Å². The first-order valence-electron chi connectivity index (χ1n) is 9.17. The van der Waals surface area contributed by atoms with E-state index in [9.17, 15) is 4.79 Å². The van der Waals surface area contributed by atoms with Gasteiger partial charge in [-0.25, -0.2) is 0 Å². The number of benzene rings is 1. The molecule has 8 nitrogen and oxygen atoms in total. The van der Waals surface area contributed by atoms with Gasteiger partial charge in [0.1, 0.15) is 17.2 Å². The number of hydrogen-bond acceptors (Lipinski definition) is 8. The molecule has 0 aliphatic carbocycles. The van der Waals surface area contributed by atoms with Crippen LogP contribution in [0, 0.1) is 0 Å². The maximum absolute atomic E-state index is 12.9. The summed E-state index contributed by atoms with van der Waals surface area (Å²) in [4.78, 5) is 16.1. The molecule has 1 unspecified atom stereocenters. The molecule has 1 aromatic carbocycles. The van der Waals surface area contributed by atoms with Crippen molar-refractivity contribution in [2.75, 3.05) is 26.5 Å². The first-order valence-corrected chi connectivity index (χ1v) is 11.0. The molecule has 29 heavy (non-hydrogen) atoms. The van der Waals surface area contributed by atoms with Crippen molar-refractivity contribution in [3.05, 3.63) is 40.6 Å². The summed E-state index contributed by atoms with van der Waals surface area (Å²) in [5.41, 5.74) is 0.657. The van der Waals surface area contributed by atoms with E-state index in [-0.39, 0.29) is 17.7 Å². The van der Waals surface area contributed by atoms with E-state index in [1.54, 1.807) is 48.4 Å². The van der Waals surface area contributed by atoms with Gasteiger partial charge in [0.25, 0.3) is 0 Å². The highest BCUT2D eigenvalue weighted by molar-refractivity contribution is 7.99. The number of carbonyl (C=O) groups is 1. The third kappa shape index (κ3) is 4.08. The average Bonchev–Trinajstić information content (AvgIpc) is 3.52. The van der Waals surface area contributed by atoms with E-state index in [0.29, 0.717) is 22.3 Å². The lowest BCUT2D eigenvalue weighted by Gasteiger charge is -2.23. The number of amides is 1. The van der Waals surface area contributed by atoms with E-state index < -0.39 is 0 Å². The highest BCUT2D eigenvalue weighted by Gasteiger charge is 2.30. The number of nitrogens with zero attached hydrogens (tertiary/aromatic N) is 5. The Morgan fingerprint density at radius 1 is 1.31 bits per heavy atom. The van der Waals surface area contributed by atoms with Crippen molar-refractivity contribution in [2.24, 2.45) is 0 Å². The minimum Gasteiger partial charge on any atom is -0.497 e. The summed E-state index contributed by atoms with van der Waals surface area (Å²) in [5.74, 6) is 1.65. The largest absolute Gasteiger partial charge is 0.497 e. The molecule has 1 amide bonds. The molecule has 152 valence electrons. The average molecular weight is 432 g/mol.